The Morgan fingerprint density at radius 3 is 2.11 bits per heavy atom. The molecule has 11 heteroatoms. The lowest BCUT2D eigenvalue weighted by Gasteiger charge is -2.36. The zero-order valence-corrected chi connectivity index (χ0v) is 25.3. The predicted octanol–water partition coefficient (Wildman–Crippen LogP) is 7.46. The van der Waals surface area contributed by atoms with Crippen LogP contribution in [0.1, 0.15) is 50.2 Å². The van der Waals surface area contributed by atoms with Gasteiger partial charge in [0.05, 0.1) is 21.3 Å². The zero-order valence-electron chi connectivity index (χ0n) is 23.8. The molecule has 0 aliphatic carbocycles. The monoisotopic (exact) mass is 638 g/mol. The van der Waals surface area contributed by atoms with Crippen LogP contribution in [0.25, 0.3) is 11.1 Å². The highest BCUT2D eigenvalue weighted by Gasteiger charge is 2.31. The maximum Gasteiger partial charge on any atom is 0.416 e. The number of carbonyl (C=O) groups is 2. The number of piperazine rings is 1. The summed E-state index contributed by atoms with van der Waals surface area (Å²) >= 11 is 7.84. The van der Waals surface area contributed by atoms with Crippen molar-refractivity contribution < 1.29 is 22.8 Å². The number of nitrogens with zero attached hydrogens (tertiary/aromatic N) is 4. The Morgan fingerprint density at radius 2 is 1.43 bits per heavy atom. The van der Waals surface area contributed by atoms with Crippen molar-refractivity contribution in [2.24, 2.45) is 0 Å². The second kappa shape index (κ2) is 12.6. The molecule has 4 aromatic rings. The van der Waals surface area contributed by atoms with Gasteiger partial charge in [0.1, 0.15) is 5.69 Å². The summed E-state index contributed by atoms with van der Waals surface area (Å²) in [5.74, 6) is -0.0727. The molecule has 2 amide bonds. The summed E-state index contributed by atoms with van der Waals surface area (Å²) in [5, 5.41) is 3.43. The van der Waals surface area contributed by atoms with Crippen LogP contribution in [0.5, 0.6) is 0 Å². The first-order chi connectivity index (χ1) is 21.2. The molecule has 6 nitrogen and oxygen atoms in total. The minimum absolute atomic E-state index is 0.0706. The molecule has 2 aliphatic heterocycles. The minimum Gasteiger partial charge on any atom is -0.367 e. The lowest BCUT2D eigenvalue weighted by Crippen LogP contribution is -2.49. The van der Waals surface area contributed by atoms with Crippen molar-refractivity contribution in [2.75, 3.05) is 44.2 Å². The summed E-state index contributed by atoms with van der Waals surface area (Å²) in [7, 11) is 0. The van der Waals surface area contributed by atoms with Gasteiger partial charge in [-0.2, -0.15) is 13.2 Å². The van der Waals surface area contributed by atoms with Crippen molar-refractivity contribution >= 4 is 40.4 Å². The minimum atomic E-state index is -4.42. The van der Waals surface area contributed by atoms with Crippen LogP contribution in [0.2, 0.25) is 5.02 Å². The van der Waals surface area contributed by atoms with E-state index in [1.54, 1.807) is 29.2 Å². The van der Waals surface area contributed by atoms with Crippen LogP contribution in [0.15, 0.2) is 78.2 Å². The second-order valence-electron chi connectivity index (χ2n) is 11.0. The molecular weight excluding hydrogens is 609 g/mol. The first kappa shape index (κ1) is 30.1. The Kier molecular flexibility index (Phi) is 8.64. The molecule has 0 unspecified atom stereocenters. The third kappa shape index (κ3) is 6.32. The molecule has 228 valence electrons. The van der Waals surface area contributed by atoms with Crippen molar-refractivity contribution in [3.8, 4) is 11.1 Å². The van der Waals surface area contributed by atoms with Gasteiger partial charge in [0.2, 0.25) is 0 Å². The van der Waals surface area contributed by atoms with Gasteiger partial charge in [-0.25, -0.2) is 4.98 Å². The molecule has 2 saturated heterocycles. The highest BCUT2D eigenvalue weighted by Crippen LogP contribution is 2.34. The van der Waals surface area contributed by atoms with Gasteiger partial charge in [-0.3, -0.25) is 9.59 Å². The van der Waals surface area contributed by atoms with Crippen molar-refractivity contribution in [1.29, 1.82) is 0 Å². The van der Waals surface area contributed by atoms with Gasteiger partial charge >= 0.3 is 6.18 Å². The number of amides is 2. The van der Waals surface area contributed by atoms with Crippen LogP contribution in [0, 0.1) is 0 Å². The second-order valence-corrected chi connectivity index (χ2v) is 12.3. The smallest absolute Gasteiger partial charge is 0.367 e. The number of carbonyl (C=O) groups excluding carboxylic acids is 2. The summed E-state index contributed by atoms with van der Waals surface area (Å²) in [4.78, 5) is 37.3. The maximum atomic E-state index is 13.5. The number of thiazole rings is 1. The summed E-state index contributed by atoms with van der Waals surface area (Å²) in [5.41, 5.74) is 2.33. The molecule has 6 rings (SSSR count). The fourth-order valence-corrected chi connectivity index (χ4v) is 7.07. The molecule has 0 radical (unpaired) electrons. The highest BCUT2D eigenvalue weighted by molar-refractivity contribution is 7.09. The standard InChI is InChI=1S/C33H30ClF3N4O2S/c34-27-7-3-4-8-29(27)39-17-19-41(20-18-39)32(43)28-21-44-30(38-28)23-13-15-40(16-14-23)31(42)26-6-2-1-5-25(26)22-9-11-24(12-10-22)33(35,36)37/h1-12,21,23H,13-20H2. The van der Waals surface area contributed by atoms with Gasteiger partial charge in [0.25, 0.3) is 11.8 Å². The number of likely N-dealkylation sites (tertiary alicyclic amines) is 1. The largest absolute Gasteiger partial charge is 0.416 e. The van der Waals surface area contributed by atoms with Gasteiger partial charge in [-0.05, 0) is 54.3 Å². The fraction of sp³-hybridized carbons (Fsp3) is 0.303. The molecular formula is C33H30ClF3N4O2S. The van der Waals surface area contributed by atoms with E-state index in [0.717, 1.165) is 22.8 Å². The number of hydrogen-bond donors (Lipinski definition) is 0. The molecule has 44 heavy (non-hydrogen) atoms. The van der Waals surface area contributed by atoms with Crippen LogP contribution in [0.4, 0.5) is 18.9 Å². The average Bonchev–Trinajstić information content (AvgIpc) is 3.55. The summed E-state index contributed by atoms with van der Waals surface area (Å²) in [6.07, 6.45) is -2.99. The van der Waals surface area contributed by atoms with Crippen LogP contribution < -0.4 is 4.90 Å². The van der Waals surface area contributed by atoms with E-state index in [9.17, 15) is 22.8 Å². The van der Waals surface area contributed by atoms with Crippen LogP contribution >= 0.6 is 22.9 Å². The number of para-hydroxylation sites is 1. The van der Waals surface area contributed by atoms with Gasteiger partial charge < -0.3 is 14.7 Å². The molecule has 2 aliphatic rings. The topological polar surface area (TPSA) is 56.8 Å². The first-order valence-electron chi connectivity index (χ1n) is 14.5. The summed E-state index contributed by atoms with van der Waals surface area (Å²) < 4.78 is 39.1. The number of hydrogen-bond acceptors (Lipinski definition) is 5. The van der Waals surface area contributed by atoms with Crippen LogP contribution in [0.3, 0.4) is 0 Å². The fourth-order valence-electron chi connectivity index (χ4n) is 5.85. The van der Waals surface area contributed by atoms with Gasteiger partial charge in [0.15, 0.2) is 0 Å². The molecule has 0 bridgehead atoms. The average molecular weight is 639 g/mol. The molecule has 0 spiro atoms. The van der Waals surface area contributed by atoms with E-state index in [2.05, 4.69) is 4.90 Å². The Balaban J connectivity index is 1.06. The number of piperidine rings is 1. The summed E-state index contributed by atoms with van der Waals surface area (Å²) in [6.45, 7) is 3.62. The van der Waals surface area contributed by atoms with E-state index in [1.807, 2.05) is 34.5 Å². The van der Waals surface area contributed by atoms with E-state index in [-0.39, 0.29) is 17.7 Å². The number of anilines is 1. The summed E-state index contributed by atoms with van der Waals surface area (Å²) in [6, 6.07) is 19.6. The van der Waals surface area contributed by atoms with Crippen LogP contribution in [-0.2, 0) is 6.18 Å². The predicted molar refractivity (Wildman–Crippen MR) is 166 cm³/mol. The first-order valence-corrected chi connectivity index (χ1v) is 15.7. The van der Waals surface area contributed by atoms with E-state index in [0.29, 0.717) is 79.5 Å². The lowest BCUT2D eigenvalue weighted by atomic mass is 9.94. The number of rotatable bonds is 5. The van der Waals surface area contributed by atoms with E-state index in [1.165, 1.54) is 23.5 Å². The molecule has 2 fully saturated rings. The molecule has 3 aromatic carbocycles. The van der Waals surface area contributed by atoms with Crippen molar-refractivity contribution in [2.45, 2.75) is 24.9 Å². The molecule has 0 atom stereocenters. The van der Waals surface area contributed by atoms with Crippen molar-refractivity contribution in [3.63, 3.8) is 0 Å². The van der Waals surface area contributed by atoms with Gasteiger partial charge in [0, 0.05) is 56.1 Å². The highest BCUT2D eigenvalue weighted by atomic mass is 35.5. The van der Waals surface area contributed by atoms with E-state index in [4.69, 9.17) is 16.6 Å². The van der Waals surface area contributed by atoms with E-state index < -0.39 is 11.7 Å². The quantitative estimate of drug-likeness (QED) is 0.228. The number of alkyl halides is 3. The van der Waals surface area contributed by atoms with Crippen molar-refractivity contribution in [1.82, 2.24) is 14.8 Å². The third-order valence-electron chi connectivity index (χ3n) is 8.31. The molecule has 1 aromatic heterocycles. The third-order valence-corrected chi connectivity index (χ3v) is 9.64. The Morgan fingerprint density at radius 1 is 0.795 bits per heavy atom. The molecule has 0 saturated carbocycles. The van der Waals surface area contributed by atoms with E-state index >= 15 is 0 Å². The maximum absolute atomic E-state index is 13.5. The number of aromatic nitrogens is 1. The normalized spacial score (nSPS) is 16.3. The number of benzene rings is 3. The Bertz CT molecular complexity index is 1640. The lowest BCUT2D eigenvalue weighted by molar-refractivity contribution is -0.137. The zero-order chi connectivity index (χ0) is 30.8. The Hall–Kier alpha value is -3.89. The van der Waals surface area contributed by atoms with Crippen LogP contribution in [-0.4, -0.2) is 65.9 Å². The van der Waals surface area contributed by atoms with Gasteiger partial charge in [-0.1, -0.05) is 54.1 Å². The molecule has 0 N–H and O–H groups in total. The SMILES string of the molecule is O=C(c1csc(C2CCN(C(=O)c3ccccc3-c3ccc(C(F)(F)F)cc3)CC2)n1)N1CCN(c2ccccc2Cl)CC1. The Labute approximate surface area is 262 Å². The van der Waals surface area contributed by atoms with Gasteiger partial charge in [-0.15, -0.1) is 11.3 Å². The number of halogens is 4. The molecule has 3 heterocycles. The van der Waals surface area contributed by atoms with Crippen molar-refractivity contribution in [3.05, 3.63) is 105 Å².